The van der Waals surface area contributed by atoms with Gasteiger partial charge in [-0.2, -0.15) is 0 Å². The van der Waals surface area contributed by atoms with Gasteiger partial charge in [0.05, 0.1) is 11.7 Å². The summed E-state index contributed by atoms with van der Waals surface area (Å²) in [6.07, 6.45) is -2.06. The fraction of sp³-hybridized carbons (Fsp3) is 0.500. The number of aliphatic hydroxyl groups excluding tert-OH is 1. The van der Waals surface area contributed by atoms with Gasteiger partial charge in [0.15, 0.2) is 6.29 Å². The Balaban J connectivity index is 2.02. The Morgan fingerprint density at radius 2 is 2.05 bits per heavy atom. The van der Waals surface area contributed by atoms with Crippen molar-refractivity contribution in [1.29, 1.82) is 0 Å². The summed E-state index contributed by atoms with van der Waals surface area (Å²) in [7, 11) is 1.52. The second-order valence-electron chi connectivity index (χ2n) is 4.54. The minimum absolute atomic E-state index is 0.320. The van der Waals surface area contributed by atoms with Crippen LogP contribution in [0.1, 0.15) is 23.7 Å². The highest BCUT2D eigenvalue weighted by molar-refractivity contribution is 5.89. The first-order chi connectivity index (χ1) is 9.11. The SMILES string of the molecule is CO[C@@H]1C[C@@H](OC(=O)c2ccccc2)[C@@H](O)[C@@H](C)O1. The Hall–Kier alpha value is -1.43. The van der Waals surface area contributed by atoms with Crippen LogP contribution in [0.4, 0.5) is 0 Å². The molecule has 104 valence electrons. The maximum absolute atomic E-state index is 11.9. The minimum atomic E-state index is -0.848. The molecule has 5 heteroatoms. The van der Waals surface area contributed by atoms with Crippen molar-refractivity contribution in [2.45, 2.75) is 37.9 Å². The van der Waals surface area contributed by atoms with Crippen molar-refractivity contribution in [3.8, 4) is 0 Å². The topological polar surface area (TPSA) is 65.0 Å². The first-order valence-electron chi connectivity index (χ1n) is 6.24. The van der Waals surface area contributed by atoms with Gasteiger partial charge >= 0.3 is 5.97 Å². The van der Waals surface area contributed by atoms with Crippen molar-refractivity contribution < 1.29 is 24.1 Å². The molecule has 1 aliphatic heterocycles. The maximum Gasteiger partial charge on any atom is 0.338 e. The van der Waals surface area contributed by atoms with E-state index in [9.17, 15) is 9.90 Å². The summed E-state index contributed by atoms with van der Waals surface area (Å²) in [6.45, 7) is 1.72. The number of ether oxygens (including phenoxy) is 3. The highest BCUT2D eigenvalue weighted by Gasteiger charge is 2.37. The van der Waals surface area contributed by atoms with Crippen molar-refractivity contribution in [2.75, 3.05) is 7.11 Å². The van der Waals surface area contributed by atoms with Gasteiger partial charge in [0, 0.05) is 13.5 Å². The number of methoxy groups -OCH3 is 1. The molecule has 0 amide bonds. The van der Waals surface area contributed by atoms with Gasteiger partial charge < -0.3 is 19.3 Å². The highest BCUT2D eigenvalue weighted by atomic mass is 16.7. The summed E-state index contributed by atoms with van der Waals surface area (Å²) < 4.78 is 15.8. The van der Waals surface area contributed by atoms with Crippen LogP contribution in [0.5, 0.6) is 0 Å². The molecule has 5 nitrogen and oxygen atoms in total. The van der Waals surface area contributed by atoms with Crippen molar-refractivity contribution in [1.82, 2.24) is 0 Å². The normalized spacial score (nSPS) is 30.9. The summed E-state index contributed by atoms with van der Waals surface area (Å²) in [6, 6.07) is 8.69. The van der Waals surface area contributed by atoms with Crippen LogP contribution in [0.15, 0.2) is 30.3 Å². The number of aliphatic hydroxyl groups is 1. The van der Waals surface area contributed by atoms with Gasteiger partial charge in [0.2, 0.25) is 0 Å². The number of carbonyl (C=O) groups is 1. The molecule has 1 aliphatic rings. The molecule has 0 saturated carbocycles. The summed E-state index contributed by atoms with van der Waals surface area (Å²) in [5, 5.41) is 9.99. The quantitative estimate of drug-likeness (QED) is 0.837. The third kappa shape index (κ3) is 3.32. The van der Waals surface area contributed by atoms with Crippen LogP contribution in [0.3, 0.4) is 0 Å². The molecule has 4 atom stereocenters. The van der Waals surface area contributed by atoms with Crippen molar-refractivity contribution >= 4 is 5.97 Å². The van der Waals surface area contributed by atoms with Crippen LogP contribution < -0.4 is 0 Å². The third-order valence-corrected chi connectivity index (χ3v) is 3.18. The van der Waals surface area contributed by atoms with E-state index < -0.39 is 30.6 Å². The molecule has 1 aromatic rings. The van der Waals surface area contributed by atoms with Gasteiger partial charge in [-0.25, -0.2) is 4.79 Å². The largest absolute Gasteiger partial charge is 0.456 e. The Morgan fingerprint density at radius 1 is 1.37 bits per heavy atom. The Bertz CT molecular complexity index is 419. The van der Waals surface area contributed by atoms with Crippen LogP contribution in [-0.2, 0) is 14.2 Å². The van der Waals surface area contributed by atoms with Crippen molar-refractivity contribution in [2.24, 2.45) is 0 Å². The molecule has 1 heterocycles. The zero-order valence-corrected chi connectivity index (χ0v) is 11.0. The number of rotatable bonds is 3. The summed E-state index contributed by atoms with van der Waals surface area (Å²) in [5.74, 6) is -0.450. The van der Waals surface area contributed by atoms with E-state index in [0.29, 0.717) is 12.0 Å². The van der Waals surface area contributed by atoms with Crippen LogP contribution in [0.2, 0.25) is 0 Å². The van der Waals surface area contributed by atoms with Crippen LogP contribution in [-0.4, -0.2) is 42.8 Å². The van der Waals surface area contributed by atoms with Crippen molar-refractivity contribution in [3.05, 3.63) is 35.9 Å². The molecule has 0 unspecified atom stereocenters. The molecular formula is C14H18O5. The van der Waals surface area contributed by atoms with Crippen LogP contribution in [0, 0.1) is 0 Å². The molecule has 1 fully saturated rings. The smallest absolute Gasteiger partial charge is 0.338 e. The van der Waals surface area contributed by atoms with Gasteiger partial charge in [-0.05, 0) is 19.1 Å². The van der Waals surface area contributed by atoms with Gasteiger partial charge in [-0.15, -0.1) is 0 Å². The summed E-state index contributed by atoms with van der Waals surface area (Å²) in [4.78, 5) is 11.9. The highest BCUT2D eigenvalue weighted by Crippen LogP contribution is 2.23. The van der Waals surface area contributed by atoms with E-state index >= 15 is 0 Å². The van der Waals surface area contributed by atoms with E-state index in [4.69, 9.17) is 14.2 Å². The second kappa shape index (κ2) is 6.14. The lowest BCUT2D eigenvalue weighted by atomic mass is 10.0. The average molecular weight is 266 g/mol. The molecule has 0 spiro atoms. The van der Waals surface area contributed by atoms with Crippen LogP contribution >= 0.6 is 0 Å². The molecule has 19 heavy (non-hydrogen) atoms. The van der Waals surface area contributed by atoms with Crippen molar-refractivity contribution in [3.63, 3.8) is 0 Å². The van der Waals surface area contributed by atoms with E-state index in [1.54, 1.807) is 31.2 Å². The lowest BCUT2D eigenvalue weighted by Crippen LogP contribution is -2.49. The monoisotopic (exact) mass is 266 g/mol. The zero-order valence-electron chi connectivity index (χ0n) is 11.0. The van der Waals surface area contributed by atoms with Gasteiger partial charge in [0.1, 0.15) is 12.2 Å². The summed E-state index contributed by atoms with van der Waals surface area (Å²) in [5.41, 5.74) is 0.461. The Morgan fingerprint density at radius 3 is 2.68 bits per heavy atom. The van der Waals surface area contributed by atoms with Gasteiger partial charge in [-0.1, -0.05) is 18.2 Å². The van der Waals surface area contributed by atoms with Gasteiger partial charge in [0.25, 0.3) is 0 Å². The van der Waals surface area contributed by atoms with E-state index in [1.165, 1.54) is 7.11 Å². The first kappa shape index (κ1) is 14.0. The molecule has 0 bridgehead atoms. The van der Waals surface area contributed by atoms with E-state index in [0.717, 1.165) is 0 Å². The fourth-order valence-corrected chi connectivity index (χ4v) is 2.06. The summed E-state index contributed by atoms with van der Waals surface area (Å²) >= 11 is 0. The molecule has 1 saturated heterocycles. The van der Waals surface area contributed by atoms with E-state index in [-0.39, 0.29) is 0 Å². The molecule has 2 rings (SSSR count). The molecule has 0 aromatic heterocycles. The number of carbonyl (C=O) groups excluding carboxylic acids is 1. The number of hydrogen-bond acceptors (Lipinski definition) is 5. The standard InChI is InChI=1S/C14H18O5/c1-9-13(15)11(8-12(17-2)18-9)19-14(16)10-6-4-3-5-7-10/h3-7,9,11-13,15H,8H2,1-2H3/t9-,11-,12+,13+/m1/s1. The van der Waals surface area contributed by atoms with Crippen LogP contribution in [0.25, 0.3) is 0 Å². The Labute approximate surface area is 112 Å². The van der Waals surface area contributed by atoms with E-state index in [2.05, 4.69) is 0 Å². The van der Waals surface area contributed by atoms with E-state index in [1.807, 2.05) is 6.07 Å². The zero-order chi connectivity index (χ0) is 13.8. The third-order valence-electron chi connectivity index (χ3n) is 3.18. The fourth-order valence-electron chi connectivity index (χ4n) is 2.06. The molecule has 1 aromatic carbocycles. The number of esters is 1. The molecule has 0 radical (unpaired) electrons. The Kier molecular flexibility index (Phi) is 4.52. The predicted octanol–water partition coefficient (Wildman–Crippen LogP) is 1.35. The maximum atomic E-state index is 11.9. The average Bonchev–Trinajstić information content (AvgIpc) is 2.44. The molecule has 0 aliphatic carbocycles. The number of benzene rings is 1. The first-order valence-corrected chi connectivity index (χ1v) is 6.24. The number of hydrogen-bond donors (Lipinski definition) is 1. The molecule has 1 N–H and O–H groups in total. The lowest BCUT2D eigenvalue weighted by molar-refractivity contribution is -0.236. The predicted molar refractivity (Wildman–Crippen MR) is 67.6 cm³/mol. The molecular weight excluding hydrogens is 248 g/mol. The lowest BCUT2D eigenvalue weighted by Gasteiger charge is -2.36. The second-order valence-corrected chi connectivity index (χ2v) is 4.54. The van der Waals surface area contributed by atoms with Gasteiger partial charge in [-0.3, -0.25) is 0 Å². The minimum Gasteiger partial charge on any atom is -0.456 e.